The highest BCUT2D eigenvalue weighted by Gasteiger charge is 2.11. The summed E-state index contributed by atoms with van der Waals surface area (Å²) in [6.07, 6.45) is 3.84. The van der Waals surface area contributed by atoms with Gasteiger partial charge in [-0.25, -0.2) is 9.97 Å². The molecule has 0 saturated heterocycles. The average molecular weight is 267 g/mol. The molecule has 0 aliphatic heterocycles. The SMILES string of the molecule is CC(C)C(C)Sc1ncc(CNC(C)(C)C)cn1. The van der Waals surface area contributed by atoms with E-state index in [1.807, 2.05) is 12.4 Å². The molecule has 1 atom stereocenters. The van der Waals surface area contributed by atoms with Crippen molar-refractivity contribution in [3.63, 3.8) is 0 Å². The monoisotopic (exact) mass is 267 g/mol. The second-order valence-electron chi connectivity index (χ2n) is 6.04. The predicted molar refractivity (Wildman–Crippen MR) is 78.8 cm³/mol. The van der Waals surface area contributed by atoms with E-state index in [0.29, 0.717) is 11.2 Å². The van der Waals surface area contributed by atoms with Gasteiger partial charge in [0.2, 0.25) is 0 Å². The van der Waals surface area contributed by atoms with Crippen LogP contribution >= 0.6 is 11.8 Å². The zero-order chi connectivity index (χ0) is 13.8. The number of hydrogen-bond donors (Lipinski definition) is 1. The van der Waals surface area contributed by atoms with Crippen LogP contribution < -0.4 is 5.32 Å². The molecule has 0 amide bonds. The van der Waals surface area contributed by atoms with Gasteiger partial charge in [0.05, 0.1) is 0 Å². The van der Waals surface area contributed by atoms with Gasteiger partial charge in [-0.3, -0.25) is 0 Å². The molecule has 18 heavy (non-hydrogen) atoms. The fraction of sp³-hybridized carbons (Fsp3) is 0.714. The smallest absolute Gasteiger partial charge is 0.187 e. The first kappa shape index (κ1) is 15.4. The lowest BCUT2D eigenvalue weighted by atomic mass is 10.1. The Balaban J connectivity index is 2.52. The molecule has 1 N–H and O–H groups in total. The highest BCUT2D eigenvalue weighted by molar-refractivity contribution is 7.99. The van der Waals surface area contributed by atoms with Gasteiger partial charge in [0.25, 0.3) is 0 Å². The molecule has 0 radical (unpaired) electrons. The molecular weight excluding hydrogens is 242 g/mol. The minimum Gasteiger partial charge on any atom is -0.308 e. The van der Waals surface area contributed by atoms with E-state index >= 15 is 0 Å². The fourth-order valence-corrected chi connectivity index (χ4v) is 2.00. The van der Waals surface area contributed by atoms with E-state index in [-0.39, 0.29) is 5.54 Å². The average Bonchev–Trinajstić information content (AvgIpc) is 2.27. The Kier molecular flexibility index (Phi) is 5.60. The Labute approximate surface area is 115 Å². The summed E-state index contributed by atoms with van der Waals surface area (Å²) in [5.74, 6) is 0.640. The van der Waals surface area contributed by atoms with Crippen LogP contribution in [0.25, 0.3) is 0 Å². The van der Waals surface area contributed by atoms with Gasteiger partial charge >= 0.3 is 0 Å². The number of nitrogens with one attached hydrogen (secondary N) is 1. The molecule has 102 valence electrons. The van der Waals surface area contributed by atoms with Crippen LogP contribution in [0.2, 0.25) is 0 Å². The number of thioether (sulfide) groups is 1. The summed E-state index contributed by atoms with van der Waals surface area (Å²) in [4.78, 5) is 8.83. The number of rotatable bonds is 5. The topological polar surface area (TPSA) is 37.8 Å². The molecule has 0 fully saturated rings. The van der Waals surface area contributed by atoms with Crippen molar-refractivity contribution in [2.24, 2.45) is 5.92 Å². The fourth-order valence-electron chi connectivity index (χ4n) is 1.16. The Morgan fingerprint density at radius 1 is 1.17 bits per heavy atom. The molecule has 1 unspecified atom stereocenters. The van der Waals surface area contributed by atoms with Gasteiger partial charge in [0.1, 0.15) is 0 Å². The van der Waals surface area contributed by atoms with Gasteiger partial charge in [-0.05, 0) is 26.7 Å². The van der Waals surface area contributed by atoms with Gasteiger partial charge in [-0.15, -0.1) is 0 Å². The van der Waals surface area contributed by atoms with E-state index in [2.05, 4.69) is 56.8 Å². The van der Waals surface area contributed by atoms with E-state index in [9.17, 15) is 0 Å². The van der Waals surface area contributed by atoms with Crippen molar-refractivity contribution in [1.82, 2.24) is 15.3 Å². The normalized spacial score (nSPS) is 13.9. The van der Waals surface area contributed by atoms with Crippen molar-refractivity contribution < 1.29 is 0 Å². The zero-order valence-electron chi connectivity index (χ0n) is 12.3. The third kappa shape index (κ3) is 5.83. The summed E-state index contributed by atoms with van der Waals surface area (Å²) < 4.78 is 0. The highest BCUT2D eigenvalue weighted by atomic mass is 32.2. The summed E-state index contributed by atoms with van der Waals surface area (Å²) in [6.45, 7) is 13.9. The number of nitrogens with zero attached hydrogens (tertiary/aromatic N) is 2. The van der Waals surface area contributed by atoms with Gasteiger partial charge in [-0.2, -0.15) is 0 Å². The van der Waals surface area contributed by atoms with Crippen LogP contribution in [-0.4, -0.2) is 20.8 Å². The second-order valence-corrected chi connectivity index (χ2v) is 7.39. The first-order valence-corrected chi connectivity index (χ1v) is 7.38. The van der Waals surface area contributed by atoms with Crippen LogP contribution in [0.3, 0.4) is 0 Å². The quantitative estimate of drug-likeness (QED) is 0.654. The van der Waals surface area contributed by atoms with Crippen molar-refractivity contribution in [3.8, 4) is 0 Å². The van der Waals surface area contributed by atoms with E-state index in [0.717, 1.165) is 17.3 Å². The van der Waals surface area contributed by atoms with Crippen molar-refractivity contribution in [1.29, 1.82) is 0 Å². The third-order valence-corrected chi connectivity index (χ3v) is 4.07. The van der Waals surface area contributed by atoms with Gasteiger partial charge in [-0.1, -0.05) is 32.5 Å². The van der Waals surface area contributed by atoms with Crippen molar-refractivity contribution in [2.45, 2.75) is 64.0 Å². The first-order chi connectivity index (χ1) is 8.28. The maximum atomic E-state index is 4.41. The summed E-state index contributed by atoms with van der Waals surface area (Å²) in [5, 5.41) is 4.85. The molecule has 0 spiro atoms. The number of hydrogen-bond acceptors (Lipinski definition) is 4. The summed E-state index contributed by atoms with van der Waals surface area (Å²) in [7, 11) is 0. The Morgan fingerprint density at radius 2 is 1.72 bits per heavy atom. The summed E-state index contributed by atoms with van der Waals surface area (Å²) >= 11 is 1.74. The van der Waals surface area contributed by atoms with Crippen LogP contribution in [0.15, 0.2) is 17.6 Å². The van der Waals surface area contributed by atoms with E-state index in [4.69, 9.17) is 0 Å². The molecule has 0 aliphatic rings. The highest BCUT2D eigenvalue weighted by Crippen LogP contribution is 2.24. The standard InChI is InChI=1S/C14H25N3S/c1-10(2)11(3)18-13-15-7-12(8-16-13)9-17-14(4,5)6/h7-8,10-11,17H,9H2,1-6H3. The van der Waals surface area contributed by atoms with Crippen LogP contribution in [0.5, 0.6) is 0 Å². The molecule has 1 rings (SSSR count). The molecule has 0 bridgehead atoms. The molecule has 1 heterocycles. The predicted octanol–water partition coefficient (Wildman–Crippen LogP) is 3.50. The van der Waals surface area contributed by atoms with Crippen molar-refractivity contribution in [3.05, 3.63) is 18.0 Å². The Bertz CT molecular complexity index is 354. The lowest BCUT2D eigenvalue weighted by Crippen LogP contribution is -2.35. The van der Waals surface area contributed by atoms with Crippen LogP contribution in [-0.2, 0) is 6.54 Å². The summed E-state index contributed by atoms with van der Waals surface area (Å²) in [6, 6.07) is 0. The molecule has 0 aromatic carbocycles. The maximum Gasteiger partial charge on any atom is 0.187 e. The van der Waals surface area contributed by atoms with Crippen molar-refractivity contribution >= 4 is 11.8 Å². The molecule has 1 aromatic heterocycles. The van der Waals surface area contributed by atoms with Crippen LogP contribution in [0.1, 0.15) is 47.1 Å². The first-order valence-electron chi connectivity index (χ1n) is 6.50. The minimum atomic E-state index is 0.125. The van der Waals surface area contributed by atoms with Crippen molar-refractivity contribution in [2.75, 3.05) is 0 Å². The lowest BCUT2D eigenvalue weighted by molar-refractivity contribution is 0.423. The van der Waals surface area contributed by atoms with Gasteiger partial charge in [0, 0.05) is 35.3 Å². The Morgan fingerprint density at radius 3 is 2.17 bits per heavy atom. The van der Waals surface area contributed by atoms with Crippen LogP contribution in [0.4, 0.5) is 0 Å². The third-order valence-electron chi connectivity index (χ3n) is 2.73. The molecule has 4 heteroatoms. The lowest BCUT2D eigenvalue weighted by Gasteiger charge is -2.20. The second kappa shape index (κ2) is 6.53. The molecule has 3 nitrogen and oxygen atoms in total. The molecule has 0 saturated carbocycles. The molecule has 0 aliphatic carbocycles. The maximum absolute atomic E-state index is 4.41. The largest absolute Gasteiger partial charge is 0.308 e. The van der Waals surface area contributed by atoms with E-state index in [1.165, 1.54) is 0 Å². The minimum absolute atomic E-state index is 0.125. The van der Waals surface area contributed by atoms with Gasteiger partial charge < -0.3 is 5.32 Å². The zero-order valence-corrected chi connectivity index (χ0v) is 13.1. The van der Waals surface area contributed by atoms with Gasteiger partial charge in [0.15, 0.2) is 5.16 Å². The molecular formula is C14H25N3S. The van der Waals surface area contributed by atoms with E-state index in [1.54, 1.807) is 11.8 Å². The van der Waals surface area contributed by atoms with Crippen LogP contribution in [0, 0.1) is 5.92 Å². The number of aromatic nitrogens is 2. The molecule has 1 aromatic rings. The van der Waals surface area contributed by atoms with E-state index < -0.39 is 0 Å². The summed E-state index contributed by atoms with van der Waals surface area (Å²) in [5.41, 5.74) is 1.26. The Hall–Kier alpha value is -0.610.